The number of nitrogens with zero attached hydrogens (tertiary/aromatic N) is 1. The Morgan fingerprint density at radius 1 is 1.56 bits per heavy atom. The van der Waals surface area contributed by atoms with E-state index in [1.807, 2.05) is 0 Å². The molecule has 100 valence electrons. The van der Waals surface area contributed by atoms with Crippen LogP contribution in [0.15, 0.2) is 17.1 Å². The Balaban J connectivity index is 1.88. The average Bonchev–Trinajstić information content (AvgIpc) is 2.95. The summed E-state index contributed by atoms with van der Waals surface area (Å²) in [5, 5.41) is 2.89. The lowest BCUT2D eigenvalue weighted by atomic mass is 9.81. The smallest absolute Gasteiger partial charge is 0.273 e. The predicted octanol–water partition coefficient (Wildman–Crippen LogP) is 1.86. The third-order valence-electron chi connectivity index (χ3n) is 3.26. The summed E-state index contributed by atoms with van der Waals surface area (Å²) in [6.45, 7) is 7.88. The van der Waals surface area contributed by atoms with E-state index in [2.05, 4.69) is 31.1 Å². The number of aromatic nitrogens is 1. The van der Waals surface area contributed by atoms with E-state index in [-0.39, 0.29) is 17.4 Å². The quantitative estimate of drug-likeness (QED) is 0.891. The molecule has 0 bridgehead atoms. The van der Waals surface area contributed by atoms with Gasteiger partial charge in [-0.25, -0.2) is 4.98 Å². The third-order valence-corrected chi connectivity index (χ3v) is 3.26. The predicted molar refractivity (Wildman–Crippen MR) is 66.1 cm³/mol. The summed E-state index contributed by atoms with van der Waals surface area (Å²) in [7, 11) is 0. The van der Waals surface area contributed by atoms with Crippen LogP contribution >= 0.6 is 0 Å². The summed E-state index contributed by atoms with van der Waals surface area (Å²) < 4.78 is 10.6. The summed E-state index contributed by atoms with van der Waals surface area (Å²) >= 11 is 0. The highest BCUT2D eigenvalue weighted by atomic mass is 16.5. The second kappa shape index (κ2) is 5.10. The first kappa shape index (κ1) is 13.1. The van der Waals surface area contributed by atoms with Crippen molar-refractivity contribution in [2.45, 2.75) is 33.3 Å². The van der Waals surface area contributed by atoms with Crippen molar-refractivity contribution in [2.24, 2.45) is 11.3 Å². The van der Waals surface area contributed by atoms with Crippen LogP contribution in [0.1, 0.15) is 37.7 Å². The lowest BCUT2D eigenvalue weighted by Crippen LogP contribution is -2.38. The molecular formula is C13H20N2O3. The van der Waals surface area contributed by atoms with Gasteiger partial charge in [0, 0.05) is 19.1 Å². The van der Waals surface area contributed by atoms with Gasteiger partial charge >= 0.3 is 0 Å². The molecule has 1 amide bonds. The van der Waals surface area contributed by atoms with Crippen LogP contribution in [0.5, 0.6) is 0 Å². The number of nitrogens with one attached hydrogen (secondary N) is 1. The van der Waals surface area contributed by atoms with Crippen LogP contribution in [0.2, 0.25) is 0 Å². The number of amides is 1. The molecule has 1 aliphatic heterocycles. The van der Waals surface area contributed by atoms with Crippen LogP contribution in [0.4, 0.5) is 0 Å². The summed E-state index contributed by atoms with van der Waals surface area (Å²) in [5.41, 5.74) is 0.418. The summed E-state index contributed by atoms with van der Waals surface area (Å²) in [6.07, 6.45) is 3.78. The van der Waals surface area contributed by atoms with Gasteiger partial charge in [0.25, 0.3) is 5.91 Å². The minimum Gasteiger partial charge on any atom is -0.451 e. The molecule has 0 aromatic carbocycles. The first-order chi connectivity index (χ1) is 8.48. The zero-order valence-corrected chi connectivity index (χ0v) is 11.1. The molecule has 5 nitrogen and oxygen atoms in total. The van der Waals surface area contributed by atoms with Crippen molar-refractivity contribution in [1.82, 2.24) is 10.3 Å². The number of hydrogen-bond donors (Lipinski definition) is 1. The lowest BCUT2D eigenvalue weighted by Gasteiger charge is -2.31. The van der Waals surface area contributed by atoms with Crippen LogP contribution in [0.3, 0.4) is 0 Å². The maximum Gasteiger partial charge on any atom is 0.273 e. The minimum absolute atomic E-state index is 0.0970. The zero-order valence-electron chi connectivity index (χ0n) is 11.1. The Bertz CT molecular complexity index is 395. The molecular weight excluding hydrogens is 232 g/mol. The standard InChI is InChI=1S/C13H20N2O3/c1-13(2,3)11-9(4-5-18-11)6-14-12(16)10-7-17-8-15-10/h7-9,11H,4-6H2,1-3H3,(H,14,16)/t9-,11+/m1/s1. The van der Waals surface area contributed by atoms with Gasteiger partial charge in [-0.15, -0.1) is 0 Å². The van der Waals surface area contributed by atoms with Crippen molar-refractivity contribution < 1.29 is 13.9 Å². The molecule has 1 fully saturated rings. The topological polar surface area (TPSA) is 64.4 Å². The fourth-order valence-electron chi connectivity index (χ4n) is 2.44. The molecule has 2 heterocycles. The summed E-state index contributed by atoms with van der Waals surface area (Å²) in [4.78, 5) is 15.6. The Labute approximate surface area is 107 Å². The van der Waals surface area contributed by atoms with Crippen molar-refractivity contribution in [3.63, 3.8) is 0 Å². The second-order valence-electron chi connectivity index (χ2n) is 5.79. The van der Waals surface area contributed by atoms with Crippen molar-refractivity contribution in [3.05, 3.63) is 18.4 Å². The molecule has 0 saturated carbocycles. The van der Waals surface area contributed by atoms with Gasteiger partial charge in [-0.05, 0) is 11.8 Å². The molecule has 0 unspecified atom stereocenters. The van der Waals surface area contributed by atoms with Gasteiger partial charge in [0.2, 0.25) is 0 Å². The van der Waals surface area contributed by atoms with Crippen molar-refractivity contribution in [3.8, 4) is 0 Å². The van der Waals surface area contributed by atoms with Gasteiger partial charge in [-0.1, -0.05) is 20.8 Å². The Morgan fingerprint density at radius 2 is 2.33 bits per heavy atom. The minimum atomic E-state index is -0.191. The van der Waals surface area contributed by atoms with E-state index in [9.17, 15) is 4.79 Å². The van der Waals surface area contributed by atoms with Gasteiger partial charge in [0.1, 0.15) is 6.26 Å². The maximum atomic E-state index is 11.7. The van der Waals surface area contributed by atoms with Gasteiger partial charge in [0.15, 0.2) is 12.1 Å². The van der Waals surface area contributed by atoms with Crippen LogP contribution < -0.4 is 5.32 Å². The van der Waals surface area contributed by atoms with E-state index in [1.54, 1.807) is 0 Å². The molecule has 0 radical (unpaired) electrons. The molecule has 1 aromatic rings. The Hall–Kier alpha value is -1.36. The first-order valence-corrected chi connectivity index (χ1v) is 6.26. The number of carbonyl (C=O) groups is 1. The number of oxazole rings is 1. The van der Waals surface area contributed by atoms with E-state index in [1.165, 1.54) is 12.7 Å². The fourth-order valence-corrected chi connectivity index (χ4v) is 2.44. The first-order valence-electron chi connectivity index (χ1n) is 6.26. The number of ether oxygens (including phenoxy) is 1. The van der Waals surface area contributed by atoms with Crippen molar-refractivity contribution >= 4 is 5.91 Å². The zero-order chi connectivity index (χ0) is 13.2. The van der Waals surface area contributed by atoms with Crippen LogP contribution in [-0.4, -0.2) is 30.1 Å². The van der Waals surface area contributed by atoms with Crippen molar-refractivity contribution in [1.29, 1.82) is 0 Å². The molecule has 1 N–H and O–H groups in total. The SMILES string of the molecule is CC(C)(C)[C@H]1OCC[C@@H]1CNC(=O)c1cocn1. The molecule has 5 heteroatoms. The highest BCUT2D eigenvalue weighted by Crippen LogP contribution is 2.34. The largest absolute Gasteiger partial charge is 0.451 e. The number of rotatable bonds is 3. The molecule has 2 atom stereocenters. The second-order valence-corrected chi connectivity index (χ2v) is 5.79. The van der Waals surface area contributed by atoms with Gasteiger partial charge in [-0.2, -0.15) is 0 Å². The highest BCUT2D eigenvalue weighted by molar-refractivity contribution is 5.91. The molecule has 1 saturated heterocycles. The molecule has 0 aliphatic carbocycles. The molecule has 1 aromatic heterocycles. The van der Waals surface area contributed by atoms with Crippen LogP contribution in [0, 0.1) is 11.3 Å². The van der Waals surface area contributed by atoms with E-state index in [0.29, 0.717) is 18.2 Å². The van der Waals surface area contributed by atoms with Crippen molar-refractivity contribution in [2.75, 3.05) is 13.2 Å². The monoisotopic (exact) mass is 252 g/mol. The maximum absolute atomic E-state index is 11.7. The molecule has 1 aliphatic rings. The van der Waals surface area contributed by atoms with Crippen LogP contribution in [-0.2, 0) is 4.74 Å². The Morgan fingerprint density at radius 3 is 2.94 bits per heavy atom. The number of hydrogen-bond acceptors (Lipinski definition) is 4. The molecule has 0 spiro atoms. The average molecular weight is 252 g/mol. The van der Waals surface area contributed by atoms with Gasteiger partial charge < -0.3 is 14.5 Å². The molecule has 18 heavy (non-hydrogen) atoms. The summed E-state index contributed by atoms with van der Waals surface area (Å²) in [5.74, 6) is 0.171. The van der Waals surface area contributed by atoms with Crippen LogP contribution in [0.25, 0.3) is 0 Å². The lowest BCUT2D eigenvalue weighted by molar-refractivity contribution is 0.00736. The normalized spacial score (nSPS) is 24.2. The highest BCUT2D eigenvalue weighted by Gasteiger charge is 2.37. The third kappa shape index (κ3) is 2.90. The van der Waals surface area contributed by atoms with E-state index in [4.69, 9.17) is 9.15 Å². The van der Waals surface area contributed by atoms with E-state index >= 15 is 0 Å². The summed E-state index contributed by atoms with van der Waals surface area (Å²) in [6, 6.07) is 0. The number of carbonyl (C=O) groups excluding carboxylic acids is 1. The van der Waals surface area contributed by atoms with E-state index < -0.39 is 0 Å². The van der Waals surface area contributed by atoms with Gasteiger partial charge in [0.05, 0.1) is 6.10 Å². The molecule has 2 rings (SSSR count). The Kier molecular flexibility index (Phi) is 3.71. The fraction of sp³-hybridized carbons (Fsp3) is 0.692. The van der Waals surface area contributed by atoms with E-state index in [0.717, 1.165) is 13.0 Å². The van der Waals surface area contributed by atoms with Gasteiger partial charge in [-0.3, -0.25) is 4.79 Å².